The third kappa shape index (κ3) is 6.72. The Morgan fingerprint density at radius 3 is 2.15 bits per heavy atom. The molecule has 1 fully saturated rings. The van der Waals surface area contributed by atoms with Gasteiger partial charge in [0.05, 0.1) is 29.3 Å². The van der Waals surface area contributed by atoms with Gasteiger partial charge in [-0.25, -0.2) is 0 Å². The number of amides is 1. The SMILES string of the molecule is CCOC(C=c1s/c(=c2/s/c(=C3/OC(=S)N(CC(=O)O)C3=O)n(CC(=O)O)c2=O)n(CC(=O)O)c1=O)=C1Sc2cc3c(cc2N1CC(=O)[O-])OCO3. The van der Waals surface area contributed by atoms with Crippen LogP contribution in [0.1, 0.15) is 6.92 Å². The second-order valence-electron chi connectivity index (χ2n) is 10.5. The monoisotopic (exact) mass is 793 g/mol. The molecule has 6 rings (SSSR count). The lowest BCUT2D eigenvalue weighted by Gasteiger charge is -2.22. The molecule has 2 aromatic heterocycles. The molecule has 23 heteroatoms. The van der Waals surface area contributed by atoms with Crippen LogP contribution >= 0.6 is 46.7 Å². The van der Waals surface area contributed by atoms with Gasteiger partial charge < -0.3 is 49.1 Å². The number of hydrogen-bond donors (Lipinski definition) is 3. The van der Waals surface area contributed by atoms with Crippen molar-refractivity contribution in [1.29, 1.82) is 0 Å². The molecule has 52 heavy (non-hydrogen) atoms. The van der Waals surface area contributed by atoms with Crippen LogP contribution in [0.25, 0.3) is 11.8 Å². The maximum atomic E-state index is 13.8. The summed E-state index contributed by atoms with van der Waals surface area (Å²) in [5.41, 5.74) is -1.52. The Morgan fingerprint density at radius 2 is 1.54 bits per heavy atom. The number of allylic oxidation sites excluding steroid dienone is 1. The molecule has 0 saturated carbocycles. The number of carbonyl (C=O) groups excluding carboxylic acids is 2. The molecule has 0 aliphatic carbocycles. The minimum Gasteiger partial charge on any atom is -0.548 e. The lowest BCUT2D eigenvalue weighted by atomic mass is 10.2. The Kier molecular flexibility index (Phi) is 9.85. The maximum absolute atomic E-state index is 13.8. The molecule has 1 saturated heterocycles. The molecule has 19 nitrogen and oxygen atoms in total. The number of carbonyl (C=O) groups is 5. The number of ether oxygens (including phenoxy) is 4. The first-order valence-corrected chi connectivity index (χ1v) is 17.4. The standard InChI is InChI=1S/C29H22N4O15S4/c1-2-45-14(26-30(6-17(34)35)11-3-12-13(47-10-46-12)4-15(11)50-26)5-16-23(42)31(7-18(36)37)28(51-16)22-25(44)32(8-19(38)39)27(52-22)21-24(43)33(9-20(40)41)29(49)48-21/h3-5H,2,6-10H2,1H3,(H,34,35)(H,36,37)(H,38,39)(H,40,41)/p-1/b16-5?,26-14?,27-21+,28-22+. The van der Waals surface area contributed by atoms with Gasteiger partial charge in [0.1, 0.15) is 38.5 Å². The molecule has 0 unspecified atom stereocenters. The van der Waals surface area contributed by atoms with Gasteiger partial charge in [0.2, 0.25) is 12.6 Å². The summed E-state index contributed by atoms with van der Waals surface area (Å²) in [7, 11) is 0. The van der Waals surface area contributed by atoms with Crippen molar-refractivity contribution in [3.8, 4) is 11.5 Å². The number of thiazole rings is 2. The molecule has 0 spiro atoms. The highest BCUT2D eigenvalue weighted by Gasteiger charge is 2.37. The van der Waals surface area contributed by atoms with E-state index in [0.717, 1.165) is 16.3 Å². The minimum absolute atomic E-state index is 0.00187. The van der Waals surface area contributed by atoms with Crippen LogP contribution in [0.2, 0.25) is 0 Å². The first-order valence-electron chi connectivity index (χ1n) is 14.5. The number of aliphatic carboxylic acids is 4. The van der Waals surface area contributed by atoms with Crippen LogP contribution in [0.15, 0.2) is 37.4 Å². The number of anilines is 1. The van der Waals surface area contributed by atoms with Crippen molar-refractivity contribution in [3.05, 3.63) is 62.0 Å². The molecule has 3 N–H and O–H groups in total. The fourth-order valence-corrected chi connectivity index (χ4v) is 8.84. The van der Waals surface area contributed by atoms with Gasteiger partial charge in [0, 0.05) is 23.1 Å². The molecular weight excluding hydrogens is 773 g/mol. The molecule has 1 aromatic carbocycles. The van der Waals surface area contributed by atoms with Crippen molar-refractivity contribution in [3.63, 3.8) is 0 Å². The lowest BCUT2D eigenvalue weighted by molar-refractivity contribution is -0.303. The van der Waals surface area contributed by atoms with E-state index in [1.807, 2.05) is 0 Å². The van der Waals surface area contributed by atoms with Crippen LogP contribution in [0.4, 0.5) is 5.69 Å². The zero-order chi connectivity index (χ0) is 37.6. The van der Waals surface area contributed by atoms with Gasteiger partial charge in [-0.2, -0.15) is 0 Å². The summed E-state index contributed by atoms with van der Waals surface area (Å²) < 4.78 is 22.3. The Bertz CT molecular complexity index is 2500. The number of nitrogens with zero attached hydrogens (tertiary/aromatic N) is 4. The summed E-state index contributed by atoms with van der Waals surface area (Å²) >= 11 is 7.19. The van der Waals surface area contributed by atoms with E-state index in [2.05, 4.69) is 0 Å². The molecule has 3 aliphatic heterocycles. The number of benzene rings is 1. The smallest absolute Gasteiger partial charge is 0.323 e. The number of carboxylic acid groups (broad SMARTS) is 4. The van der Waals surface area contributed by atoms with E-state index >= 15 is 0 Å². The van der Waals surface area contributed by atoms with E-state index in [0.29, 0.717) is 54.2 Å². The first-order chi connectivity index (χ1) is 24.7. The van der Waals surface area contributed by atoms with Crippen LogP contribution in [0.5, 0.6) is 11.5 Å². The van der Waals surface area contributed by atoms with E-state index in [1.54, 1.807) is 19.1 Å². The fourth-order valence-electron chi connectivity index (χ4n) is 5.14. The minimum atomic E-state index is -1.51. The van der Waals surface area contributed by atoms with Gasteiger partial charge in [-0.1, -0.05) is 11.8 Å². The third-order valence-corrected chi connectivity index (χ3v) is 11.1. The van der Waals surface area contributed by atoms with E-state index in [1.165, 1.54) is 11.0 Å². The van der Waals surface area contributed by atoms with E-state index in [-0.39, 0.29) is 42.6 Å². The number of thioether (sulfide) groups is 1. The number of carboxylic acids is 4. The van der Waals surface area contributed by atoms with Gasteiger partial charge in [0.15, 0.2) is 17.3 Å². The van der Waals surface area contributed by atoms with E-state index in [9.17, 15) is 54.0 Å². The predicted octanol–water partition coefficient (Wildman–Crippen LogP) is -2.00. The Labute approximate surface area is 305 Å². The second-order valence-corrected chi connectivity index (χ2v) is 13.9. The zero-order valence-corrected chi connectivity index (χ0v) is 29.4. The molecule has 272 valence electrons. The normalized spacial score (nSPS) is 17.8. The van der Waals surface area contributed by atoms with E-state index < -0.39 is 78.0 Å². The quantitative estimate of drug-likeness (QED) is 0.140. The third-order valence-electron chi connectivity index (χ3n) is 7.17. The fraction of sp³-hybridized carbons (Fsp3) is 0.241. The van der Waals surface area contributed by atoms with Gasteiger partial charge in [-0.05, 0) is 19.1 Å². The maximum Gasteiger partial charge on any atom is 0.323 e. The molecule has 5 heterocycles. The Balaban J connectivity index is 1.63. The molecule has 1 amide bonds. The van der Waals surface area contributed by atoms with Gasteiger partial charge in [0.25, 0.3) is 16.3 Å². The van der Waals surface area contributed by atoms with Crippen molar-refractivity contribution < 1.29 is 63.3 Å². The zero-order valence-electron chi connectivity index (χ0n) is 26.1. The molecule has 0 radical (unpaired) electrons. The predicted molar refractivity (Wildman–Crippen MR) is 180 cm³/mol. The molecule has 0 atom stereocenters. The Morgan fingerprint density at radius 1 is 0.904 bits per heavy atom. The van der Waals surface area contributed by atoms with Gasteiger partial charge in [-0.15, -0.1) is 22.7 Å². The van der Waals surface area contributed by atoms with Gasteiger partial charge in [-0.3, -0.25) is 42.8 Å². The highest BCUT2D eigenvalue weighted by atomic mass is 32.2. The molecule has 0 bridgehead atoms. The van der Waals surface area contributed by atoms with E-state index in [4.69, 9.17) is 31.2 Å². The number of thiocarbonyl (C=S) groups is 1. The number of aromatic nitrogens is 2. The number of fused-ring (bicyclic) bond motifs is 2. The first kappa shape index (κ1) is 36.2. The summed E-state index contributed by atoms with van der Waals surface area (Å²) in [6.07, 6.45) is 1.25. The van der Waals surface area contributed by atoms with Gasteiger partial charge >= 0.3 is 23.8 Å². The number of rotatable bonds is 11. The average molecular weight is 794 g/mol. The van der Waals surface area contributed by atoms with Crippen LogP contribution < -0.4 is 39.8 Å². The molecular formula is C29H21N4O15S4-. The van der Waals surface area contributed by atoms with Crippen LogP contribution in [-0.4, -0.2) is 90.8 Å². The Hall–Kier alpha value is -5.65. The van der Waals surface area contributed by atoms with Crippen molar-refractivity contribution in [1.82, 2.24) is 14.0 Å². The van der Waals surface area contributed by atoms with Crippen LogP contribution in [0, 0.1) is 9.20 Å². The molecule has 3 aliphatic rings. The topological polar surface area (TPSA) is 256 Å². The van der Waals surface area contributed by atoms with Crippen molar-refractivity contribution >= 4 is 99.1 Å². The molecule has 3 aromatic rings. The van der Waals surface area contributed by atoms with Crippen molar-refractivity contribution in [2.45, 2.75) is 24.9 Å². The summed E-state index contributed by atoms with van der Waals surface area (Å²) in [5, 5.41) is 39.9. The largest absolute Gasteiger partial charge is 0.548 e. The lowest BCUT2D eigenvalue weighted by Crippen LogP contribution is -2.36. The summed E-state index contributed by atoms with van der Waals surface area (Å²) in [6.45, 7) is -1.83. The average Bonchev–Trinajstić information content (AvgIpc) is 3.86. The second kappa shape index (κ2) is 14.2. The number of hydrogen-bond acceptors (Lipinski definition) is 17. The van der Waals surface area contributed by atoms with Crippen LogP contribution in [0.3, 0.4) is 0 Å². The highest BCUT2D eigenvalue weighted by molar-refractivity contribution is 8.03. The highest BCUT2D eigenvalue weighted by Crippen LogP contribution is 2.52. The summed E-state index contributed by atoms with van der Waals surface area (Å²) in [4.78, 5) is 90.1. The summed E-state index contributed by atoms with van der Waals surface area (Å²) in [5.74, 6) is -6.80. The van der Waals surface area contributed by atoms with Crippen LogP contribution in [-0.2, 0) is 46.5 Å². The van der Waals surface area contributed by atoms with Crippen molar-refractivity contribution in [2.75, 3.05) is 31.4 Å². The van der Waals surface area contributed by atoms with Crippen molar-refractivity contribution in [2.24, 2.45) is 0 Å². The summed E-state index contributed by atoms with van der Waals surface area (Å²) in [6, 6.07) is 3.22.